The molecule has 0 aliphatic rings. The fourth-order valence-electron chi connectivity index (χ4n) is 0.961. The minimum atomic E-state index is -3.67. The van der Waals surface area contributed by atoms with Crippen LogP contribution in [0, 0.1) is 0 Å². The van der Waals surface area contributed by atoms with Gasteiger partial charge in [-0.05, 0) is 19.1 Å². The van der Waals surface area contributed by atoms with Gasteiger partial charge in [0.1, 0.15) is 0 Å². The third kappa shape index (κ3) is 4.97. The molecule has 0 aliphatic heterocycles. The molecule has 2 atom stereocenters. The number of pyridine rings is 1. The van der Waals surface area contributed by atoms with Gasteiger partial charge in [0, 0.05) is 18.8 Å². The Balaban J connectivity index is 0.00000256. The number of sulfonamides is 1. The monoisotopic (exact) mass is 281 g/mol. The third-order valence-corrected chi connectivity index (χ3v) is 3.34. The van der Waals surface area contributed by atoms with Crippen molar-refractivity contribution in [3.05, 3.63) is 24.4 Å². The summed E-state index contributed by atoms with van der Waals surface area (Å²) >= 11 is 0. The molecular formula is C9H16ClN3O3S. The highest BCUT2D eigenvalue weighted by atomic mass is 35.5. The van der Waals surface area contributed by atoms with Crippen LogP contribution in [0.5, 0.6) is 0 Å². The Morgan fingerprint density at radius 3 is 2.65 bits per heavy atom. The number of hydrogen-bond acceptors (Lipinski definition) is 5. The largest absolute Gasteiger partial charge is 0.390 e. The van der Waals surface area contributed by atoms with E-state index in [9.17, 15) is 13.5 Å². The van der Waals surface area contributed by atoms with Gasteiger partial charge < -0.3 is 10.8 Å². The summed E-state index contributed by atoms with van der Waals surface area (Å²) in [5.41, 5.74) is 5.40. The van der Waals surface area contributed by atoms with Crippen LogP contribution in [0.25, 0.3) is 0 Å². The normalized spacial score (nSPS) is 14.8. The molecule has 98 valence electrons. The average molecular weight is 282 g/mol. The second-order valence-electron chi connectivity index (χ2n) is 3.45. The summed E-state index contributed by atoms with van der Waals surface area (Å²) in [5, 5.41) is 9.29. The summed E-state index contributed by atoms with van der Waals surface area (Å²) in [5.74, 6) is 0. The van der Waals surface area contributed by atoms with Crippen LogP contribution in [0.15, 0.2) is 29.4 Å². The van der Waals surface area contributed by atoms with Crippen molar-refractivity contribution >= 4 is 22.4 Å². The fraction of sp³-hybridized carbons (Fsp3) is 0.444. The molecule has 8 heteroatoms. The standard InChI is InChI=1S/C9H15N3O3S.ClH/c1-7(10)8(13)6-12-16(14,15)9-4-2-3-5-11-9;/h2-5,7-8,12-13H,6,10H2,1H3;1H/t7-,8+;/m0./s1. The molecule has 6 nitrogen and oxygen atoms in total. The van der Waals surface area contributed by atoms with Crippen molar-refractivity contribution < 1.29 is 13.5 Å². The summed E-state index contributed by atoms with van der Waals surface area (Å²) < 4.78 is 25.5. The lowest BCUT2D eigenvalue weighted by atomic mass is 10.2. The van der Waals surface area contributed by atoms with Gasteiger partial charge in [0.2, 0.25) is 0 Å². The minimum Gasteiger partial charge on any atom is -0.390 e. The number of nitrogens with zero attached hydrogens (tertiary/aromatic N) is 1. The van der Waals surface area contributed by atoms with Gasteiger partial charge in [-0.25, -0.2) is 18.1 Å². The zero-order valence-electron chi connectivity index (χ0n) is 9.28. The smallest absolute Gasteiger partial charge is 0.258 e. The number of rotatable bonds is 5. The Morgan fingerprint density at radius 2 is 2.18 bits per heavy atom. The molecule has 1 aromatic heterocycles. The van der Waals surface area contributed by atoms with E-state index in [1.54, 1.807) is 19.1 Å². The Labute approximate surface area is 107 Å². The molecule has 0 saturated heterocycles. The molecule has 0 radical (unpaired) electrons. The number of halogens is 1. The molecule has 0 aliphatic carbocycles. The second kappa shape index (κ2) is 6.87. The van der Waals surface area contributed by atoms with Crippen LogP contribution < -0.4 is 10.5 Å². The van der Waals surface area contributed by atoms with Crippen LogP contribution in [0.4, 0.5) is 0 Å². The van der Waals surface area contributed by atoms with Gasteiger partial charge >= 0.3 is 0 Å². The quantitative estimate of drug-likeness (QED) is 0.674. The Hall–Kier alpha value is -0.730. The van der Waals surface area contributed by atoms with Gasteiger partial charge in [-0.1, -0.05) is 6.07 Å². The molecule has 0 amide bonds. The summed E-state index contributed by atoms with van der Waals surface area (Å²) in [6.45, 7) is 1.47. The molecule has 4 N–H and O–H groups in total. The van der Waals surface area contributed by atoms with E-state index in [1.807, 2.05) is 0 Å². The van der Waals surface area contributed by atoms with Crippen molar-refractivity contribution in [3.8, 4) is 0 Å². The van der Waals surface area contributed by atoms with Gasteiger partial charge in [0.15, 0.2) is 5.03 Å². The second-order valence-corrected chi connectivity index (χ2v) is 5.16. The number of aliphatic hydroxyl groups is 1. The molecule has 0 spiro atoms. The zero-order valence-corrected chi connectivity index (χ0v) is 10.9. The van der Waals surface area contributed by atoms with E-state index in [-0.39, 0.29) is 24.0 Å². The molecule has 0 fully saturated rings. The molecule has 1 heterocycles. The number of aromatic nitrogens is 1. The molecule has 0 unspecified atom stereocenters. The molecule has 1 aromatic rings. The topological polar surface area (TPSA) is 105 Å². The van der Waals surface area contributed by atoms with Crippen molar-refractivity contribution in [1.82, 2.24) is 9.71 Å². The summed E-state index contributed by atoms with van der Waals surface area (Å²) in [4.78, 5) is 3.71. The van der Waals surface area contributed by atoms with Gasteiger partial charge in [0.25, 0.3) is 10.0 Å². The van der Waals surface area contributed by atoms with E-state index in [1.165, 1.54) is 12.3 Å². The van der Waals surface area contributed by atoms with Crippen molar-refractivity contribution in [2.24, 2.45) is 5.73 Å². The lowest BCUT2D eigenvalue weighted by molar-refractivity contribution is 0.155. The number of aliphatic hydroxyl groups excluding tert-OH is 1. The van der Waals surface area contributed by atoms with Crippen LogP contribution in [0.2, 0.25) is 0 Å². The first-order valence-corrected chi connectivity index (χ1v) is 6.26. The number of nitrogens with one attached hydrogen (secondary N) is 1. The first-order chi connectivity index (χ1) is 7.43. The number of nitrogens with two attached hydrogens (primary N) is 1. The van der Waals surface area contributed by atoms with E-state index in [4.69, 9.17) is 5.73 Å². The summed E-state index contributed by atoms with van der Waals surface area (Å²) in [6, 6.07) is 4.08. The highest BCUT2D eigenvalue weighted by Crippen LogP contribution is 2.03. The zero-order chi connectivity index (χ0) is 12.2. The lowest BCUT2D eigenvalue weighted by Gasteiger charge is -2.14. The van der Waals surface area contributed by atoms with E-state index in [0.717, 1.165) is 0 Å². The molecule has 0 aromatic carbocycles. The Kier molecular flexibility index (Phi) is 6.58. The maximum absolute atomic E-state index is 11.6. The predicted octanol–water partition coefficient (Wildman–Crippen LogP) is -0.510. The summed E-state index contributed by atoms with van der Waals surface area (Å²) in [7, 11) is -3.67. The van der Waals surface area contributed by atoms with Crippen molar-refractivity contribution in [2.45, 2.75) is 24.1 Å². The van der Waals surface area contributed by atoms with Crippen molar-refractivity contribution in [3.63, 3.8) is 0 Å². The third-order valence-electron chi connectivity index (χ3n) is 2.00. The van der Waals surface area contributed by atoms with E-state index in [0.29, 0.717) is 0 Å². The van der Waals surface area contributed by atoms with E-state index < -0.39 is 22.2 Å². The van der Waals surface area contributed by atoms with E-state index in [2.05, 4.69) is 9.71 Å². The molecule has 1 rings (SSSR count). The van der Waals surface area contributed by atoms with Gasteiger partial charge in [-0.3, -0.25) is 0 Å². The molecule has 0 saturated carbocycles. The minimum absolute atomic E-state index is 0. The molecule has 0 bridgehead atoms. The lowest BCUT2D eigenvalue weighted by Crippen LogP contribution is -2.41. The molecule has 17 heavy (non-hydrogen) atoms. The average Bonchev–Trinajstić information content (AvgIpc) is 2.27. The highest BCUT2D eigenvalue weighted by Gasteiger charge is 2.18. The first-order valence-electron chi connectivity index (χ1n) is 4.78. The highest BCUT2D eigenvalue weighted by molar-refractivity contribution is 7.89. The van der Waals surface area contributed by atoms with Crippen LogP contribution in [-0.2, 0) is 10.0 Å². The maximum Gasteiger partial charge on any atom is 0.258 e. The van der Waals surface area contributed by atoms with E-state index >= 15 is 0 Å². The molecular weight excluding hydrogens is 266 g/mol. The Bertz CT molecular complexity index is 424. The van der Waals surface area contributed by atoms with Gasteiger partial charge in [0.05, 0.1) is 6.10 Å². The number of hydrogen-bond donors (Lipinski definition) is 3. The van der Waals surface area contributed by atoms with Crippen LogP contribution >= 0.6 is 12.4 Å². The fourth-order valence-corrected chi connectivity index (χ4v) is 1.96. The van der Waals surface area contributed by atoms with Gasteiger partial charge in [-0.2, -0.15) is 0 Å². The first kappa shape index (κ1) is 16.3. The SMILES string of the molecule is C[C@H](N)[C@H](O)CNS(=O)(=O)c1ccccn1.Cl. The predicted molar refractivity (Wildman–Crippen MR) is 66.3 cm³/mol. The van der Waals surface area contributed by atoms with Gasteiger partial charge in [-0.15, -0.1) is 12.4 Å². The van der Waals surface area contributed by atoms with Crippen LogP contribution in [0.1, 0.15) is 6.92 Å². The van der Waals surface area contributed by atoms with Crippen LogP contribution in [0.3, 0.4) is 0 Å². The van der Waals surface area contributed by atoms with Crippen LogP contribution in [-0.4, -0.2) is 37.2 Å². The maximum atomic E-state index is 11.6. The van der Waals surface area contributed by atoms with Crippen molar-refractivity contribution in [2.75, 3.05) is 6.54 Å². The Morgan fingerprint density at radius 1 is 1.53 bits per heavy atom. The summed E-state index contributed by atoms with van der Waals surface area (Å²) in [6.07, 6.45) is 0.467. The van der Waals surface area contributed by atoms with Crippen molar-refractivity contribution in [1.29, 1.82) is 0 Å².